The Hall–Kier alpha value is -2.76. The van der Waals surface area contributed by atoms with Gasteiger partial charge in [-0.15, -0.1) is 0 Å². The number of halogens is 1. The number of hydrogen-bond donors (Lipinski definition) is 2. The molecule has 1 aliphatic carbocycles. The Morgan fingerprint density at radius 3 is 2.55 bits per heavy atom. The summed E-state index contributed by atoms with van der Waals surface area (Å²) < 4.78 is 0. The second-order valence-corrected chi connectivity index (χ2v) is 8.83. The third kappa shape index (κ3) is 5.49. The number of aromatic nitrogens is 2. The molecule has 0 unspecified atom stereocenters. The van der Waals surface area contributed by atoms with Crippen molar-refractivity contribution >= 4 is 17.5 Å². The molecule has 6 heteroatoms. The monoisotopic (exact) mass is 435 g/mol. The lowest BCUT2D eigenvalue weighted by Crippen LogP contribution is -2.42. The normalized spacial score (nSPS) is 15.3. The van der Waals surface area contributed by atoms with Gasteiger partial charge in [-0.3, -0.25) is 14.8 Å². The fraction of sp³-hybridized carbons (Fsp3) is 0.320. The predicted molar refractivity (Wildman–Crippen MR) is 122 cm³/mol. The molecule has 0 saturated heterocycles. The van der Waals surface area contributed by atoms with Crippen LogP contribution in [0.15, 0.2) is 61.1 Å². The highest BCUT2D eigenvalue weighted by atomic mass is 35.5. The van der Waals surface area contributed by atoms with E-state index < -0.39 is 5.60 Å². The first-order valence-corrected chi connectivity index (χ1v) is 10.9. The Bertz CT molecular complexity index is 1050. The minimum atomic E-state index is -0.868. The number of nitrogens with zero attached hydrogens (tertiary/aromatic N) is 2. The van der Waals surface area contributed by atoms with Gasteiger partial charge in [-0.2, -0.15) is 0 Å². The van der Waals surface area contributed by atoms with Crippen LogP contribution in [0.25, 0.3) is 11.1 Å². The summed E-state index contributed by atoms with van der Waals surface area (Å²) in [4.78, 5) is 21.5. The molecule has 31 heavy (non-hydrogen) atoms. The van der Waals surface area contributed by atoms with E-state index in [0.29, 0.717) is 10.6 Å². The number of hydrogen-bond acceptors (Lipinski definition) is 4. The molecule has 4 rings (SSSR count). The summed E-state index contributed by atoms with van der Waals surface area (Å²) >= 11 is 6.07. The molecule has 2 N–H and O–H groups in total. The Morgan fingerprint density at radius 2 is 1.87 bits per heavy atom. The van der Waals surface area contributed by atoms with Crippen LogP contribution in [-0.2, 0) is 12.8 Å². The van der Waals surface area contributed by atoms with E-state index in [1.165, 1.54) is 5.56 Å². The molecule has 2 heterocycles. The Balaban J connectivity index is 1.56. The minimum absolute atomic E-state index is 0.232. The summed E-state index contributed by atoms with van der Waals surface area (Å²) in [5.41, 5.74) is 3.58. The molecular weight excluding hydrogens is 410 g/mol. The van der Waals surface area contributed by atoms with Gasteiger partial charge in [0.05, 0.1) is 11.2 Å². The Morgan fingerprint density at radius 1 is 1.16 bits per heavy atom. The zero-order chi connectivity index (χ0) is 21.8. The fourth-order valence-corrected chi connectivity index (χ4v) is 3.84. The van der Waals surface area contributed by atoms with Crippen LogP contribution < -0.4 is 5.32 Å². The first-order chi connectivity index (χ1) is 14.9. The second kappa shape index (κ2) is 9.16. The van der Waals surface area contributed by atoms with Crippen molar-refractivity contribution in [3.63, 3.8) is 0 Å². The summed E-state index contributed by atoms with van der Waals surface area (Å²) in [5.74, 6) is 0.0374. The van der Waals surface area contributed by atoms with Crippen molar-refractivity contribution in [2.75, 3.05) is 6.54 Å². The summed E-state index contributed by atoms with van der Waals surface area (Å²) in [7, 11) is 0. The van der Waals surface area contributed by atoms with Crippen LogP contribution >= 0.6 is 11.6 Å². The summed E-state index contributed by atoms with van der Waals surface area (Å²) in [5, 5.41) is 14.0. The molecule has 1 fully saturated rings. The molecule has 0 bridgehead atoms. The van der Waals surface area contributed by atoms with Crippen LogP contribution in [0.4, 0.5) is 0 Å². The summed E-state index contributed by atoms with van der Waals surface area (Å²) in [6.07, 6.45) is 8.77. The first kappa shape index (κ1) is 21.5. The third-order valence-corrected chi connectivity index (χ3v) is 6.10. The van der Waals surface area contributed by atoms with Crippen LogP contribution in [-0.4, -0.2) is 33.1 Å². The summed E-state index contributed by atoms with van der Waals surface area (Å²) in [6, 6.07) is 13.4. The largest absolute Gasteiger partial charge is 0.388 e. The molecule has 1 atom stereocenters. The summed E-state index contributed by atoms with van der Waals surface area (Å²) in [6.45, 7) is 2.01. The Kier molecular flexibility index (Phi) is 6.35. The zero-order valence-corrected chi connectivity index (χ0v) is 18.3. The highest BCUT2D eigenvalue weighted by Crippen LogP contribution is 2.39. The van der Waals surface area contributed by atoms with Crippen molar-refractivity contribution in [3.05, 3.63) is 82.9 Å². The average Bonchev–Trinajstić information content (AvgIpc) is 3.64. The van der Waals surface area contributed by atoms with Gasteiger partial charge < -0.3 is 10.4 Å². The molecule has 0 radical (unpaired) electrons. The van der Waals surface area contributed by atoms with Crippen molar-refractivity contribution < 1.29 is 9.90 Å². The van der Waals surface area contributed by atoms with E-state index in [1.807, 2.05) is 42.5 Å². The number of carbonyl (C=O) groups is 1. The standard InChI is InChI=1S/C25H26ClN3O2/c1-25(31,20-5-6-20)16-29-24(30)19-14-22(18-3-7-21(26)8-4-18)23(28-15-19)9-2-17-10-12-27-13-11-17/h3-4,7-8,10-15,20,31H,2,5-6,9,16H2,1H3,(H,29,30)/t25-/m0/s1. The molecule has 0 aliphatic heterocycles. The molecule has 3 aromatic rings. The quantitative estimate of drug-likeness (QED) is 0.547. The van der Waals surface area contributed by atoms with Crippen LogP contribution in [0.3, 0.4) is 0 Å². The van der Waals surface area contributed by atoms with E-state index in [0.717, 1.165) is 42.5 Å². The van der Waals surface area contributed by atoms with E-state index in [-0.39, 0.29) is 18.4 Å². The molecule has 1 aromatic carbocycles. The smallest absolute Gasteiger partial charge is 0.252 e. The van der Waals surface area contributed by atoms with Crippen LogP contribution in [0.5, 0.6) is 0 Å². The van der Waals surface area contributed by atoms with Crippen molar-refractivity contribution in [3.8, 4) is 11.1 Å². The lowest BCUT2D eigenvalue weighted by atomic mass is 9.97. The van der Waals surface area contributed by atoms with Crippen molar-refractivity contribution in [1.82, 2.24) is 15.3 Å². The minimum Gasteiger partial charge on any atom is -0.388 e. The molecule has 0 spiro atoms. The SMILES string of the molecule is C[C@](O)(CNC(=O)c1cnc(CCc2ccncc2)c(-c2ccc(Cl)cc2)c1)C1CC1. The van der Waals surface area contributed by atoms with Crippen LogP contribution in [0, 0.1) is 5.92 Å². The van der Waals surface area contributed by atoms with E-state index in [9.17, 15) is 9.90 Å². The maximum Gasteiger partial charge on any atom is 0.252 e. The van der Waals surface area contributed by atoms with Crippen LogP contribution in [0.2, 0.25) is 5.02 Å². The Labute approximate surface area is 187 Å². The topological polar surface area (TPSA) is 75.1 Å². The van der Waals surface area contributed by atoms with E-state index >= 15 is 0 Å². The van der Waals surface area contributed by atoms with Crippen molar-refractivity contribution in [2.45, 2.75) is 38.2 Å². The molecule has 1 aliphatic rings. The van der Waals surface area contributed by atoms with Crippen molar-refractivity contribution in [2.24, 2.45) is 5.92 Å². The number of rotatable bonds is 8. The maximum absolute atomic E-state index is 12.8. The van der Waals surface area contributed by atoms with Gasteiger partial charge in [0, 0.05) is 41.4 Å². The van der Waals surface area contributed by atoms with E-state index in [2.05, 4.69) is 15.3 Å². The van der Waals surface area contributed by atoms with Gasteiger partial charge >= 0.3 is 0 Å². The number of carbonyl (C=O) groups excluding carboxylic acids is 1. The second-order valence-electron chi connectivity index (χ2n) is 8.39. The highest BCUT2D eigenvalue weighted by Gasteiger charge is 2.40. The molecular formula is C25H26ClN3O2. The van der Waals surface area contributed by atoms with Crippen molar-refractivity contribution in [1.29, 1.82) is 0 Å². The number of amides is 1. The van der Waals surface area contributed by atoms with Gasteiger partial charge in [0.15, 0.2) is 0 Å². The van der Waals surface area contributed by atoms with Gasteiger partial charge in [0.2, 0.25) is 0 Å². The lowest BCUT2D eigenvalue weighted by molar-refractivity contribution is 0.0354. The maximum atomic E-state index is 12.8. The number of aliphatic hydroxyl groups is 1. The first-order valence-electron chi connectivity index (χ1n) is 10.6. The molecule has 1 amide bonds. The van der Waals surface area contributed by atoms with Crippen LogP contribution in [0.1, 0.15) is 41.4 Å². The number of benzene rings is 1. The fourth-order valence-electron chi connectivity index (χ4n) is 3.72. The number of pyridine rings is 2. The molecule has 2 aromatic heterocycles. The average molecular weight is 436 g/mol. The third-order valence-electron chi connectivity index (χ3n) is 5.85. The van der Waals surface area contributed by atoms with Gasteiger partial charge in [0.1, 0.15) is 0 Å². The molecule has 5 nitrogen and oxygen atoms in total. The zero-order valence-electron chi connectivity index (χ0n) is 17.5. The highest BCUT2D eigenvalue weighted by molar-refractivity contribution is 6.30. The molecule has 160 valence electrons. The van der Waals surface area contributed by atoms with E-state index in [4.69, 9.17) is 11.6 Å². The van der Waals surface area contributed by atoms with E-state index in [1.54, 1.807) is 25.5 Å². The van der Waals surface area contributed by atoms with Gasteiger partial charge in [-0.1, -0.05) is 23.7 Å². The van der Waals surface area contributed by atoms with Gasteiger partial charge in [-0.25, -0.2) is 0 Å². The predicted octanol–water partition coefficient (Wildman–Crippen LogP) is 4.47. The number of aryl methyl sites for hydroxylation is 2. The number of nitrogens with one attached hydrogen (secondary N) is 1. The lowest BCUT2D eigenvalue weighted by Gasteiger charge is -2.23. The van der Waals surface area contributed by atoms with Gasteiger partial charge in [-0.05, 0) is 80.0 Å². The van der Waals surface area contributed by atoms with Gasteiger partial charge in [0.25, 0.3) is 5.91 Å². The molecule has 1 saturated carbocycles.